The average molecular weight is 299 g/mol. The molecule has 0 amide bonds. The first-order chi connectivity index (χ1) is 10.6. The predicted octanol–water partition coefficient (Wildman–Crippen LogP) is 3.94. The lowest BCUT2D eigenvalue weighted by Gasteiger charge is -2.31. The van der Waals surface area contributed by atoms with Gasteiger partial charge in [0.1, 0.15) is 11.4 Å². The minimum absolute atomic E-state index is 0.210. The first-order valence-corrected chi connectivity index (χ1v) is 7.75. The molecule has 0 saturated heterocycles. The Kier molecular flexibility index (Phi) is 4.27. The van der Waals surface area contributed by atoms with Gasteiger partial charge in [0.2, 0.25) is 0 Å². The molecule has 0 aliphatic carbocycles. The van der Waals surface area contributed by atoms with E-state index in [1.165, 1.54) is 23.3 Å². The highest BCUT2D eigenvalue weighted by Crippen LogP contribution is 2.45. The van der Waals surface area contributed by atoms with Crippen molar-refractivity contribution < 1.29 is 9.13 Å². The topological polar surface area (TPSA) is 12.5 Å². The normalized spacial score (nSPS) is 20.4. The summed E-state index contributed by atoms with van der Waals surface area (Å²) in [6.45, 7) is 1.63. The molecule has 0 spiro atoms. The van der Waals surface area contributed by atoms with Crippen molar-refractivity contribution in [2.75, 3.05) is 20.6 Å². The Hall–Kier alpha value is -1.71. The fourth-order valence-electron chi connectivity index (χ4n) is 3.27. The standard InChI is InChI=1S/C19H22FNO/c1-21(2)13-5-12-19(16-8-10-17(20)11-9-16)18-7-4-3-6-15(18)14-22-19/h3-4,6-11H,5,12-14H2,1-2H3/t19-/m0/s1. The fraction of sp³-hybridized carbons (Fsp3) is 0.368. The van der Waals surface area contributed by atoms with E-state index in [1.807, 2.05) is 18.2 Å². The SMILES string of the molecule is CN(C)CCC[C@@]1(c2ccc(F)cc2)OCc2ccccc21. The van der Waals surface area contributed by atoms with E-state index < -0.39 is 5.60 Å². The second kappa shape index (κ2) is 6.19. The van der Waals surface area contributed by atoms with Gasteiger partial charge in [0.15, 0.2) is 0 Å². The molecule has 3 rings (SSSR count). The minimum Gasteiger partial charge on any atom is -0.361 e. The van der Waals surface area contributed by atoms with E-state index in [1.54, 1.807) is 0 Å². The molecule has 1 aliphatic heterocycles. The monoisotopic (exact) mass is 299 g/mol. The van der Waals surface area contributed by atoms with E-state index in [0.717, 1.165) is 24.9 Å². The zero-order valence-electron chi connectivity index (χ0n) is 13.2. The molecule has 0 aromatic heterocycles. The second-order valence-electron chi connectivity index (χ2n) is 6.19. The van der Waals surface area contributed by atoms with Crippen LogP contribution in [0.2, 0.25) is 0 Å². The lowest BCUT2D eigenvalue weighted by Crippen LogP contribution is -2.28. The summed E-state index contributed by atoms with van der Waals surface area (Å²) in [5.41, 5.74) is 3.05. The Balaban J connectivity index is 1.98. The van der Waals surface area contributed by atoms with Gasteiger partial charge in [0.25, 0.3) is 0 Å². The molecule has 0 unspecified atom stereocenters. The number of benzene rings is 2. The first-order valence-electron chi connectivity index (χ1n) is 7.75. The number of hydrogen-bond donors (Lipinski definition) is 0. The summed E-state index contributed by atoms with van der Waals surface area (Å²) in [7, 11) is 4.15. The van der Waals surface area contributed by atoms with Gasteiger partial charge in [-0.3, -0.25) is 0 Å². The maximum Gasteiger partial charge on any atom is 0.123 e. The minimum atomic E-state index is -0.444. The largest absolute Gasteiger partial charge is 0.361 e. The van der Waals surface area contributed by atoms with Gasteiger partial charge in [-0.2, -0.15) is 0 Å². The van der Waals surface area contributed by atoms with E-state index in [4.69, 9.17) is 4.74 Å². The van der Waals surface area contributed by atoms with Gasteiger partial charge >= 0.3 is 0 Å². The highest BCUT2D eigenvalue weighted by molar-refractivity contribution is 5.44. The third-order valence-electron chi connectivity index (χ3n) is 4.37. The van der Waals surface area contributed by atoms with Crippen LogP contribution >= 0.6 is 0 Å². The van der Waals surface area contributed by atoms with Gasteiger partial charge in [-0.1, -0.05) is 36.4 Å². The summed E-state index contributed by atoms with van der Waals surface area (Å²) in [6, 6.07) is 15.1. The Labute approximate surface area is 131 Å². The van der Waals surface area contributed by atoms with Gasteiger partial charge in [-0.25, -0.2) is 4.39 Å². The summed E-state index contributed by atoms with van der Waals surface area (Å²) < 4.78 is 19.6. The number of ether oxygens (including phenoxy) is 1. The molecule has 1 atom stereocenters. The van der Waals surface area contributed by atoms with Crippen molar-refractivity contribution in [3.8, 4) is 0 Å². The van der Waals surface area contributed by atoms with Crippen molar-refractivity contribution in [1.82, 2.24) is 4.90 Å². The molecule has 2 aromatic carbocycles. The molecule has 0 bridgehead atoms. The molecule has 1 aliphatic rings. The van der Waals surface area contributed by atoms with Gasteiger partial charge in [-0.05, 0) is 62.3 Å². The van der Waals surface area contributed by atoms with Crippen LogP contribution in [0.3, 0.4) is 0 Å². The number of halogens is 1. The average Bonchev–Trinajstić information content (AvgIpc) is 2.88. The van der Waals surface area contributed by atoms with Crippen molar-refractivity contribution in [3.05, 3.63) is 71.0 Å². The van der Waals surface area contributed by atoms with Crippen LogP contribution in [0.5, 0.6) is 0 Å². The van der Waals surface area contributed by atoms with Crippen LogP contribution in [-0.2, 0) is 16.9 Å². The molecular weight excluding hydrogens is 277 g/mol. The zero-order valence-corrected chi connectivity index (χ0v) is 13.2. The van der Waals surface area contributed by atoms with Crippen LogP contribution in [0.1, 0.15) is 29.5 Å². The summed E-state index contributed by atoms with van der Waals surface area (Å²) in [5.74, 6) is -0.210. The molecule has 1 heterocycles. The number of fused-ring (bicyclic) bond motifs is 1. The Morgan fingerprint density at radius 2 is 1.82 bits per heavy atom. The third kappa shape index (κ3) is 2.79. The number of hydrogen-bond acceptors (Lipinski definition) is 2. The molecule has 0 fully saturated rings. The highest BCUT2D eigenvalue weighted by Gasteiger charge is 2.41. The Morgan fingerprint density at radius 3 is 2.55 bits per heavy atom. The number of rotatable bonds is 5. The van der Waals surface area contributed by atoms with E-state index in [2.05, 4.69) is 37.2 Å². The van der Waals surface area contributed by atoms with Crippen LogP contribution in [0, 0.1) is 5.82 Å². The first kappa shape index (κ1) is 15.2. The quantitative estimate of drug-likeness (QED) is 0.829. The molecular formula is C19H22FNO. The van der Waals surface area contributed by atoms with E-state index in [0.29, 0.717) is 6.61 Å². The third-order valence-corrected chi connectivity index (χ3v) is 4.37. The van der Waals surface area contributed by atoms with E-state index >= 15 is 0 Å². The molecule has 2 nitrogen and oxygen atoms in total. The maximum atomic E-state index is 13.3. The highest BCUT2D eigenvalue weighted by atomic mass is 19.1. The van der Waals surface area contributed by atoms with Crippen molar-refractivity contribution >= 4 is 0 Å². The lowest BCUT2D eigenvalue weighted by molar-refractivity contribution is -0.0140. The summed E-state index contributed by atoms with van der Waals surface area (Å²) >= 11 is 0. The van der Waals surface area contributed by atoms with Crippen molar-refractivity contribution in [3.63, 3.8) is 0 Å². The molecule has 116 valence electrons. The molecule has 2 aromatic rings. The molecule has 0 N–H and O–H groups in total. The molecule has 0 radical (unpaired) electrons. The zero-order chi connectivity index (χ0) is 15.6. The van der Waals surface area contributed by atoms with E-state index in [-0.39, 0.29) is 5.82 Å². The van der Waals surface area contributed by atoms with Crippen LogP contribution < -0.4 is 0 Å². The fourth-order valence-corrected chi connectivity index (χ4v) is 3.27. The lowest BCUT2D eigenvalue weighted by atomic mass is 9.82. The van der Waals surface area contributed by atoms with Crippen LogP contribution in [0.15, 0.2) is 48.5 Å². The van der Waals surface area contributed by atoms with Gasteiger partial charge in [0.05, 0.1) is 6.61 Å². The van der Waals surface area contributed by atoms with Crippen LogP contribution in [-0.4, -0.2) is 25.5 Å². The Bertz CT molecular complexity index is 638. The summed E-state index contributed by atoms with van der Waals surface area (Å²) in [6.07, 6.45) is 1.92. The van der Waals surface area contributed by atoms with Crippen LogP contribution in [0.4, 0.5) is 4.39 Å². The van der Waals surface area contributed by atoms with Gasteiger partial charge in [-0.15, -0.1) is 0 Å². The number of nitrogens with zero attached hydrogens (tertiary/aromatic N) is 1. The second-order valence-corrected chi connectivity index (χ2v) is 6.19. The van der Waals surface area contributed by atoms with Crippen molar-refractivity contribution in [2.24, 2.45) is 0 Å². The van der Waals surface area contributed by atoms with Crippen molar-refractivity contribution in [1.29, 1.82) is 0 Å². The summed E-state index contributed by atoms with van der Waals surface area (Å²) in [5, 5.41) is 0. The molecule has 3 heteroatoms. The van der Waals surface area contributed by atoms with Crippen molar-refractivity contribution in [2.45, 2.75) is 25.0 Å². The van der Waals surface area contributed by atoms with Gasteiger partial charge in [0, 0.05) is 0 Å². The predicted molar refractivity (Wildman–Crippen MR) is 86.2 cm³/mol. The Morgan fingerprint density at radius 1 is 1.09 bits per heavy atom. The smallest absolute Gasteiger partial charge is 0.123 e. The molecule has 0 saturated carbocycles. The van der Waals surface area contributed by atoms with Gasteiger partial charge < -0.3 is 9.64 Å². The van der Waals surface area contributed by atoms with E-state index in [9.17, 15) is 4.39 Å². The summed E-state index contributed by atoms with van der Waals surface area (Å²) in [4.78, 5) is 2.18. The molecule has 22 heavy (non-hydrogen) atoms. The van der Waals surface area contributed by atoms with Crippen LogP contribution in [0.25, 0.3) is 0 Å². The maximum absolute atomic E-state index is 13.3.